The van der Waals surface area contributed by atoms with Crippen LogP contribution >= 0.6 is 23.4 Å². The van der Waals surface area contributed by atoms with Gasteiger partial charge in [0.05, 0.1) is 5.75 Å². The van der Waals surface area contributed by atoms with E-state index in [-0.39, 0.29) is 0 Å². The normalized spacial score (nSPS) is 23.9. The highest BCUT2D eigenvalue weighted by Gasteiger charge is 2.24. The molecule has 1 aliphatic carbocycles. The van der Waals surface area contributed by atoms with Gasteiger partial charge >= 0.3 is 0 Å². The second kappa shape index (κ2) is 6.63. The number of ketones is 1. The van der Waals surface area contributed by atoms with E-state index in [1.807, 2.05) is 24.3 Å². The van der Waals surface area contributed by atoms with E-state index in [9.17, 15) is 4.79 Å². The molecule has 1 aromatic rings. The lowest BCUT2D eigenvalue weighted by Gasteiger charge is -2.25. The van der Waals surface area contributed by atoms with E-state index in [4.69, 9.17) is 11.6 Å². The van der Waals surface area contributed by atoms with E-state index >= 15 is 0 Å². The Kier molecular flexibility index (Phi) is 5.13. The summed E-state index contributed by atoms with van der Waals surface area (Å²) in [6, 6.07) is 7.71. The standard InChI is InChI=1S/C15H19ClOS/c1-11-4-2-5-12(8-11)15(17)10-18-14-7-3-6-13(16)9-14/h3,6-7,9,11-12H,2,4-5,8,10H2,1H3. The van der Waals surface area contributed by atoms with Crippen molar-refractivity contribution < 1.29 is 4.79 Å². The second-order valence-electron chi connectivity index (χ2n) is 5.18. The fourth-order valence-electron chi connectivity index (χ4n) is 2.56. The number of hydrogen-bond donors (Lipinski definition) is 0. The lowest BCUT2D eigenvalue weighted by Crippen LogP contribution is -2.23. The van der Waals surface area contributed by atoms with Crippen LogP contribution in [0.1, 0.15) is 32.6 Å². The summed E-state index contributed by atoms with van der Waals surface area (Å²) in [6.45, 7) is 2.25. The van der Waals surface area contributed by atoms with E-state index in [1.54, 1.807) is 11.8 Å². The third kappa shape index (κ3) is 4.03. The Balaban J connectivity index is 1.84. The van der Waals surface area contributed by atoms with E-state index in [0.29, 0.717) is 23.4 Å². The fourth-order valence-corrected chi connectivity index (χ4v) is 3.74. The van der Waals surface area contributed by atoms with Crippen molar-refractivity contribution >= 4 is 29.1 Å². The van der Waals surface area contributed by atoms with Crippen LogP contribution in [0.3, 0.4) is 0 Å². The first-order chi connectivity index (χ1) is 8.65. The maximum Gasteiger partial charge on any atom is 0.146 e. The van der Waals surface area contributed by atoms with Crippen LogP contribution in [0.25, 0.3) is 0 Å². The highest BCUT2D eigenvalue weighted by atomic mass is 35.5. The molecule has 0 saturated heterocycles. The molecule has 18 heavy (non-hydrogen) atoms. The summed E-state index contributed by atoms with van der Waals surface area (Å²) in [5.74, 6) is 1.99. The molecule has 0 aliphatic heterocycles. The summed E-state index contributed by atoms with van der Waals surface area (Å²) in [7, 11) is 0. The van der Waals surface area contributed by atoms with Gasteiger partial charge in [0.15, 0.2) is 0 Å². The van der Waals surface area contributed by atoms with Crippen LogP contribution in [0.4, 0.5) is 0 Å². The summed E-state index contributed by atoms with van der Waals surface area (Å²) in [5, 5.41) is 0.735. The van der Waals surface area contributed by atoms with Crippen molar-refractivity contribution in [1.82, 2.24) is 0 Å². The van der Waals surface area contributed by atoms with Gasteiger partial charge in [0, 0.05) is 15.8 Å². The number of halogens is 1. The number of Topliss-reactive ketones (excluding diaryl/α,β-unsaturated/α-hetero) is 1. The first kappa shape index (κ1) is 14.0. The van der Waals surface area contributed by atoms with Gasteiger partial charge in [-0.2, -0.15) is 0 Å². The quantitative estimate of drug-likeness (QED) is 0.736. The Bertz CT molecular complexity index is 419. The van der Waals surface area contributed by atoms with Gasteiger partial charge in [-0.05, 0) is 37.0 Å². The van der Waals surface area contributed by atoms with Crippen LogP contribution < -0.4 is 0 Å². The molecule has 0 amide bonds. The number of benzene rings is 1. The fraction of sp³-hybridized carbons (Fsp3) is 0.533. The van der Waals surface area contributed by atoms with Gasteiger partial charge in [-0.1, -0.05) is 37.4 Å². The maximum absolute atomic E-state index is 12.1. The Morgan fingerprint density at radius 2 is 2.28 bits per heavy atom. The van der Waals surface area contributed by atoms with Crippen LogP contribution in [0.2, 0.25) is 5.02 Å². The molecule has 0 spiro atoms. The Morgan fingerprint density at radius 1 is 1.44 bits per heavy atom. The number of rotatable bonds is 4. The average Bonchev–Trinajstić information content (AvgIpc) is 2.36. The summed E-state index contributed by atoms with van der Waals surface area (Å²) < 4.78 is 0. The minimum Gasteiger partial charge on any atom is -0.298 e. The molecule has 1 nitrogen and oxygen atoms in total. The third-order valence-electron chi connectivity index (χ3n) is 3.57. The molecule has 2 rings (SSSR count). The van der Waals surface area contributed by atoms with E-state index in [1.165, 1.54) is 12.8 Å². The molecular formula is C15H19ClOS. The lowest BCUT2D eigenvalue weighted by atomic mass is 9.81. The zero-order valence-corrected chi connectivity index (χ0v) is 12.3. The minimum atomic E-state index is 0.292. The number of carbonyl (C=O) groups is 1. The third-order valence-corrected chi connectivity index (χ3v) is 4.82. The largest absolute Gasteiger partial charge is 0.298 e. The first-order valence-electron chi connectivity index (χ1n) is 6.56. The topological polar surface area (TPSA) is 17.1 Å². The van der Waals surface area contributed by atoms with Crippen molar-refractivity contribution in [3.05, 3.63) is 29.3 Å². The zero-order chi connectivity index (χ0) is 13.0. The van der Waals surface area contributed by atoms with Crippen molar-refractivity contribution in [3.8, 4) is 0 Å². The SMILES string of the molecule is CC1CCCC(C(=O)CSc2cccc(Cl)c2)C1. The monoisotopic (exact) mass is 282 g/mol. The van der Waals surface area contributed by atoms with Gasteiger partial charge in [0.25, 0.3) is 0 Å². The predicted molar refractivity (Wildman–Crippen MR) is 78.3 cm³/mol. The maximum atomic E-state index is 12.1. The van der Waals surface area contributed by atoms with E-state index in [0.717, 1.165) is 22.8 Å². The Labute approximate surface area is 118 Å². The van der Waals surface area contributed by atoms with Crippen molar-refractivity contribution in [2.75, 3.05) is 5.75 Å². The smallest absolute Gasteiger partial charge is 0.146 e. The summed E-state index contributed by atoms with van der Waals surface area (Å²) in [4.78, 5) is 13.2. The molecule has 1 aromatic carbocycles. The van der Waals surface area contributed by atoms with Crippen LogP contribution in [0, 0.1) is 11.8 Å². The van der Waals surface area contributed by atoms with Crippen LogP contribution in [0.5, 0.6) is 0 Å². The molecule has 0 N–H and O–H groups in total. The van der Waals surface area contributed by atoms with Crippen LogP contribution in [-0.4, -0.2) is 11.5 Å². The molecular weight excluding hydrogens is 264 g/mol. The van der Waals surface area contributed by atoms with Gasteiger partial charge in [0.1, 0.15) is 5.78 Å². The molecule has 1 aliphatic rings. The molecule has 0 radical (unpaired) electrons. The highest BCUT2D eigenvalue weighted by Crippen LogP contribution is 2.31. The van der Waals surface area contributed by atoms with E-state index < -0.39 is 0 Å². The minimum absolute atomic E-state index is 0.292. The van der Waals surface area contributed by atoms with Gasteiger partial charge in [0.2, 0.25) is 0 Å². The van der Waals surface area contributed by atoms with Gasteiger partial charge in [-0.25, -0.2) is 0 Å². The van der Waals surface area contributed by atoms with Gasteiger partial charge < -0.3 is 0 Å². The average molecular weight is 283 g/mol. The zero-order valence-electron chi connectivity index (χ0n) is 10.7. The van der Waals surface area contributed by atoms with Crippen LogP contribution in [-0.2, 0) is 4.79 Å². The summed E-state index contributed by atoms with van der Waals surface area (Å²) in [5.41, 5.74) is 0. The molecule has 0 bridgehead atoms. The number of thioether (sulfide) groups is 1. The summed E-state index contributed by atoms with van der Waals surface area (Å²) >= 11 is 7.53. The molecule has 0 heterocycles. The molecule has 2 unspecified atom stereocenters. The number of carbonyl (C=O) groups excluding carboxylic acids is 1. The number of hydrogen-bond acceptors (Lipinski definition) is 2. The predicted octanol–water partition coefficient (Wildman–Crippen LogP) is 4.83. The van der Waals surface area contributed by atoms with Gasteiger partial charge in [-0.15, -0.1) is 11.8 Å². The van der Waals surface area contributed by atoms with Gasteiger partial charge in [-0.3, -0.25) is 4.79 Å². The molecule has 1 fully saturated rings. The molecule has 3 heteroatoms. The lowest BCUT2D eigenvalue weighted by molar-refractivity contribution is -0.121. The molecule has 98 valence electrons. The summed E-state index contributed by atoms with van der Waals surface area (Å²) in [6.07, 6.45) is 4.65. The van der Waals surface area contributed by atoms with Crippen LogP contribution in [0.15, 0.2) is 29.2 Å². The molecule has 0 aromatic heterocycles. The highest BCUT2D eigenvalue weighted by molar-refractivity contribution is 8.00. The molecule has 2 atom stereocenters. The van der Waals surface area contributed by atoms with E-state index in [2.05, 4.69) is 6.92 Å². The molecule has 1 saturated carbocycles. The second-order valence-corrected chi connectivity index (χ2v) is 6.67. The first-order valence-corrected chi connectivity index (χ1v) is 7.92. The van der Waals surface area contributed by atoms with Crippen molar-refractivity contribution in [2.24, 2.45) is 11.8 Å². The van der Waals surface area contributed by atoms with Crippen molar-refractivity contribution in [1.29, 1.82) is 0 Å². The Morgan fingerprint density at radius 3 is 3.00 bits per heavy atom. The van der Waals surface area contributed by atoms with Crippen molar-refractivity contribution in [2.45, 2.75) is 37.5 Å². The Hall–Kier alpha value is -0.470. The van der Waals surface area contributed by atoms with Crippen molar-refractivity contribution in [3.63, 3.8) is 0 Å².